The topological polar surface area (TPSA) is 46.9 Å². The molecule has 1 amide bonds. The van der Waals surface area contributed by atoms with E-state index in [-0.39, 0.29) is 5.91 Å². The fourth-order valence-electron chi connectivity index (χ4n) is 1.41. The lowest BCUT2D eigenvalue weighted by molar-refractivity contribution is 0.0956. The minimum atomic E-state index is -0.0269. The first-order chi connectivity index (χ1) is 8.25. The van der Waals surface area contributed by atoms with E-state index < -0.39 is 0 Å². The van der Waals surface area contributed by atoms with Crippen molar-refractivity contribution in [3.63, 3.8) is 0 Å². The van der Waals surface area contributed by atoms with E-state index in [0.29, 0.717) is 11.4 Å². The summed E-state index contributed by atoms with van der Waals surface area (Å²) in [5.41, 5.74) is 0. The van der Waals surface area contributed by atoms with Gasteiger partial charge in [-0.2, -0.15) is 0 Å². The molecule has 0 saturated carbocycles. The fourth-order valence-corrected chi connectivity index (χ4v) is 2.48. The lowest BCUT2D eigenvalue weighted by atomic mass is 10.4. The Balaban J connectivity index is 1.70. The zero-order chi connectivity index (χ0) is 12.1. The van der Waals surface area contributed by atoms with E-state index in [1.54, 1.807) is 18.6 Å². The summed E-state index contributed by atoms with van der Waals surface area (Å²) in [4.78, 5) is 17.2. The first-order valence-electron chi connectivity index (χ1n) is 5.27. The second-order valence-corrected chi connectivity index (χ2v) is 5.01. The Morgan fingerprint density at radius 2 is 2.47 bits per heavy atom. The molecular formula is C11H13N3OS2. The van der Waals surface area contributed by atoms with Crippen LogP contribution in [0.15, 0.2) is 35.1 Å². The van der Waals surface area contributed by atoms with Gasteiger partial charge in [0.05, 0.1) is 11.2 Å². The van der Waals surface area contributed by atoms with Crippen molar-refractivity contribution in [1.82, 2.24) is 14.9 Å². The predicted molar refractivity (Wildman–Crippen MR) is 70.7 cm³/mol. The lowest BCUT2D eigenvalue weighted by Crippen LogP contribution is -2.24. The SMILES string of the molecule is O=C(NCCCn1ccnc1)c1cc(S)cs1. The summed E-state index contributed by atoms with van der Waals surface area (Å²) in [5, 5.41) is 4.73. The van der Waals surface area contributed by atoms with Crippen LogP contribution in [0.1, 0.15) is 16.1 Å². The van der Waals surface area contributed by atoms with Crippen LogP contribution in [0.2, 0.25) is 0 Å². The number of carbonyl (C=O) groups excluding carboxylic acids is 1. The maximum atomic E-state index is 11.7. The highest BCUT2D eigenvalue weighted by molar-refractivity contribution is 7.80. The second kappa shape index (κ2) is 5.88. The van der Waals surface area contributed by atoms with Crippen LogP contribution in [0.3, 0.4) is 0 Å². The number of aromatic nitrogens is 2. The summed E-state index contributed by atoms with van der Waals surface area (Å²) >= 11 is 5.58. The molecular weight excluding hydrogens is 254 g/mol. The molecule has 2 aromatic rings. The van der Waals surface area contributed by atoms with E-state index in [9.17, 15) is 4.79 Å². The highest BCUT2D eigenvalue weighted by Gasteiger charge is 2.06. The Bertz CT molecular complexity index is 479. The third-order valence-electron chi connectivity index (χ3n) is 2.25. The van der Waals surface area contributed by atoms with Crippen LogP contribution >= 0.6 is 24.0 Å². The minimum Gasteiger partial charge on any atom is -0.351 e. The van der Waals surface area contributed by atoms with Gasteiger partial charge in [-0.15, -0.1) is 24.0 Å². The van der Waals surface area contributed by atoms with Gasteiger partial charge in [-0.25, -0.2) is 4.98 Å². The van der Waals surface area contributed by atoms with Crippen molar-refractivity contribution in [2.24, 2.45) is 0 Å². The highest BCUT2D eigenvalue weighted by Crippen LogP contribution is 2.17. The van der Waals surface area contributed by atoms with Crippen LogP contribution in [0.25, 0.3) is 0 Å². The zero-order valence-electron chi connectivity index (χ0n) is 9.17. The van der Waals surface area contributed by atoms with E-state index in [1.807, 2.05) is 16.1 Å². The molecule has 17 heavy (non-hydrogen) atoms. The van der Waals surface area contributed by atoms with Gasteiger partial charge in [0.1, 0.15) is 0 Å². The fraction of sp³-hybridized carbons (Fsp3) is 0.273. The molecule has 0 atom stereocenters. The molecule has 0 radical (unpaired) electrons. The van der Waals surface area contributed by atoms with Gasteiger partial charge in [0.2, 0.25) is 0 Å². The van der Waals surface area contributed by atoms with Gasteiger partial charge < -0.3 is 9.88 Å². The third-order valence-corrected chi connectivity index (χ3v) is 3.61. The molecule has 6 heteroatoms. The molecule has 2 aromatic heterocycles. The van der Waals surface area contributed by atoms with Gasteiger partial charge in [0.15, 0.2) is 0 Å². The van der Waals surface area contributed by atoms with Gasteiger partial charge in [-0.3, -0.25) is 4.79 Å². The number of imidazole rings is 1. The quantitative estimate of drug-likeness (QED) is 0.643. The van der Waals surface area contributed by atoms with Crippen LogP contribution in [-0.2, 0) is 6.54 Å². The Hall–Kier alpha value is -1.27. The Labute approximate surface area is 109 Å². The molecule has 0 spiro atoms. The molecule has 0 aliphatic carbocycles. The molecule has 2 heterocycles. The maximum Gasteiger partial charge on any atom is 0.261 e. The van der Waals surface area contributed by atoms with E-state index in [0.717, 1.165) is 17.9 Å². The number of amides is 1. The number of rotatable bonds is 5. The van der Waals surface area contributed by atoms with Crippen LogP contribution < -0.4 is 5.32 Å². The van der Waals surface area contributed by atoms with Crippen LogP contribution in [0.4, 0.5) is 0 Å². The molecule has 0 aliphatic rings. The largest absolute Gasteiger partial charge is 0.351 e. The number of nitrogens with zero attached hydrogens (tertiary/aromatic N) is 2. The molecule has 1 N–H and O–H groups in total. The van der Waals surface area contributed by atoms with E-state index in [2.05, 4.69) is 22.9 Å². The molecule has 0 unspecified atom stereocenters. The lowest BCUT2D eigenvalue weighted by Gasteiger charge is -2.04. The molecule has 90 valence electrons. The van der Waals surface area contributed by atoms with Crippen molar-refractivity contribution in [2.75, 3.05) is 6.54 Å². The summed E-state index contributed by atoms with van der Waals surface area (Å²) in [6.07, 6.45) is 6.32. The molecule has 4 nitrogen and oxygen atoms in total. The number of aryl methyl sites for hydroxylation is 1. The maximum absolute atomic E-state index is 11.7. The number of carbonyl (C=O) groups is 1. The average Bonchev–Trinajstić information content (AvgIpc) is 2.95. The first-order valence-corrected chi connectivity index (χ1v) is 6.60. The Morgan fingerprint density at radius 3 is 3.12 bits per heavy atom. The summed E-state index contributed by atoms with van der Waals surface area (Å²) in [5.74, 6) is -0.0269. The number of thiophene rings is 1. The number of nitrogens with one attached hydrogen (secondary N) is 1. The predicted octanol–water partition coefficient (Wildman–Crippen LogP) is 2.05. The summed E-state index contributed by atoms with van der Waals surface area (Å²) in [6.45, 7) is 1.53. The number of thiol groups is 1. The Kier molecular flexibility index (Phi) is 4.22. The van der Waals surface area contributed by atoms with Crippen molar-refractivity contribution >= 4 is 29.9 Å². The highest BCUT2D eigenvalue weighted by atomic mass is 32.1. The van der Waals surface area contributed by atoms with Crippen molar-refractivity contribution in [1.29, 1.82) is 0 Å². The number of hydrogen-bond donors (Lipinski definition) is 2. The first kappa shape index (κ1) is 12.2. The van der Waals surface area contributed by atoms with Gasteiger partial charge in [0, 0.05) is 35.8 Å². The standard InChI is InChI=1S/C11H13N3OS2/c15-11(10-6-9(16)7-17-10)13-2-1-4-14-5-3-12-8-14/h3,5-8,16H,1-2,4H2,(H,13,15). The van der Waals surface area contributed by atoms with Gasteiger partial charge >= 0.3 is 0 Å². The van der Waals surface area contributed by atoms with Crippen molar-refractivity contribution in [2.45, 2.75) is 17.9 Å². The third kappa shape index (κ3) is 3.61. The van der Waals surface area contributed by atoms with Crippen LogP contribution in [0, 0.1) is 0 Å². The summed E-state index contributed by atoms with van der Waals surface area (Å²) in [7, 11) is 0. The van der Waals surface area contributed by atoms with Gasteiger partial charge in [-0.05, 0) is 12.5 Å². The molecule has 0 saturated heterocycles. The van der Waals surface area contributed by atoms with Gasteiger partial charge in [0.25, 0.3) is 5.91 Å². The van der Waals surface area contributed by atoms with Gasteiger partial charge in [-0.1, -0.05) is 0 Å². The normalized spacial score (nSPS) is 10.4. The smallest absolute Gasteiger partial charge is 0.261 e. The Morgan fingerprint density at radius 1 is 1.59 bits per heavy atom. The number of hydrogen-bond acceptors (Lipinski definition) is 4. The molecule has 2 rings (SSSR count). The minimum absolute atomic E-state index is 0.0269. The van der Waals surface area contributed by atoms with Crippen LogP contribution in [0.5, 0.6) is 0 Å². The van der Waals surface area contributed by atoms with Crippen LogP contribution in [-0.4, -0.2) is 22.0 Å². The summed E-state index contributed by atoms with van der Waals surface area (Å²) < 4.78 is 1.99. The van der Waals surface area contributed by atoms with Crippen molar-refractivity contribution in [3.8, 4) is 0 Å². The molecule has 0 bridgehead atoms. The molecule has 0 fully saturated rings. The average molecular weight is 267 g/mol. The van der Waals surface area contributed by atoms with Crippen molar-refractivity contribution < 1.29 is 4.79 Å². The molecule has 0 aliphatic heterocycles. The van der Waals surface area contributed by atoms with Crippen molar-refractivity contribution in [3.05, 3.63) is 35.0 Å². The van der Waals surface area contributed by atoms with E-state index in [4.69, 9.17) is 0 Å². The van der Waals surface area contributed by atoms with E-state index >= 15 is 0 Å². The molecule has 0 aromatic carbocycles. The second-order valence-electron chi connectivity index (χ2n) is 3.58. The van der Waals surface area contributed by atoms with E-state index in [1.165, 1.54) is 11.3 Å². The summed E-state index contributed by atoms with van der Waals surface area (Å²) in [6, 6.07) is 1.78. The zero-order valence-corrected chi connectivity index (χ0v) is 10.9. The monoisotopic (exact) mass is 267 g/mol.